The SMILES string of the molecule is C[C@]12CCC3c4ccc(O)cc4C[C@H](O)C3C1CC[C@@H]2O. The van der Waals surface area contributed by atoms with Crippen molar-refractivity contribution in [1.29, 1.82) is 0 Å². The Morgan fingerprint density at radius 3 is 2.76 bits per heavy atom. The Morgan fingerprint density at radius 1 is 1.14 bits per heavy atom. The van der Waals surface area contributed by atoms with Gasteiger partial charge in [0.1, 0.15) is 5.75 Å². The van der Waals surface area contributed by atoms with E-state index in [4.69, 9.17) is 0 Å². The van der Waals surface area contributed by atoms with Crippen LogP contribution in [-0.2, 0) is 6.42 Å². The van der Waals surface area contributed by atoms with E-state index in [2.05, 4.69) is 6.92 Å². The minimum absolute atomic E-state index is 0.0173. The summed E-state index contributed by atoms with van der Waals surface area (Å²) in [6, 6.07) is 5.62. The Kier molecular flexibility index (Phi) is 2.89. The van der Waals surface area contributed by atoms with E-state index in [0.29, 0.717) is 18.3 Å². The lowest BCUT2D eigenvalue weighted by Crippen LogP contribution is -2.49. The number of fused-ring (bicyclic) bond motifs is 5. The van der Waals surface area contributed by atoms with Crippen LogP contribution in [-0.4, -0.2) is 27.5 Å². The summed E-state index contributed by atoms with van der Waals surface area (Å²) in [5.41, 5.74) is 2.40. The van der Waals surface area contributed by atoms with Crippen LogP contribution in [0, 0.1) is 17.3 Å². The molecule has 21 heavy (non-hydrogen) atoms. The highest BCUT2D eigenvalue weighted by atomic mass is 16.3. The number of hydrogen-bond donors (Lipinski definition) is 3. The van der Waals surface area contributed by atoms with Gasteiger partial charge in [0, 0.05) is 0 Å². The number of benzene rings is 1. The zero-order valence-electron chi connectivity index (χ0n) is 12.5. The van der Waals surface area contributed by atoms with Crippen LogP contribution in [0.15, 0.2) is 18.2 Å². The lowest BCUT2D eigenvalue weighted by molar-refractivity contribution is -0.0627. The molecule has 4 rings (SSSR count). The largest absolute Gasteiger partial charge is 0.508 e. The quantitative estimate of drug-likeness (QED) is 0.687. The van der Waals surface area contributed by atoms with Crippen molar-refractivity contribution < 1.29 is 15.3 Å². The van der Waals surface area contributed by atoms with Gasteiger partial charge in [-0.05, 0) is 78.5 Å². The summed E-state index contributed by atoms with van der Waals surface area (Å²) in [6.07, 6.45) is 4.05. The van der Waals surface area contributed by atoms with Crippen LogP contribution < -0.4 is 0 Å². The summed E-state index contributed by atoms with van der Waals surface area (Å²) in [7, 11) is 0. The normalized spacial score (nSPS) is 44.8. The summed E-state index contributed by atoms with van der Waals surface area (Å²) in [5.74, 6) is 1.35. The average Bonchev–Trinajstić information content (AvgIpc) is 2.74. The van der Waals surface area contributed by atoms with Gasteiger partial charge in [0.15, 0.2) is 0 Å². The molecule has 3 heteroatoms. The maximum absolute atomic E-state index is 10.7. The molecule has 6 atom stereocenters. The van der Waals surface area contributed by atoms with Gasteiger partial charge < -0.3 is 15.3 Å². The van der Waals surface area contributed by atoms with Gasteiger partial charge in [0.25, 0.3) is 0 Å². The molecule has 0 saturated heterocycles. The fraction of sp³-hybridized carbons (Fsp3) is 0.667. The maximum Gasteiger partial charge on any atom is 0.115 e. The number of aliphatic hydroxyl groups excluding tert-OH is 2. The number of aliphatic hydroxyl groups is 2. The number of rotatable bonds is 0. The van der Waals surface area contributed by atoms with Crippen molar-refractivity contribution >= 4 is 0 Å². The number of aromatic hydroxyl groups is 1. The molecule has 1 aromatic rings. The molecule has 2 saturated carbocycles. The fourth-order valence-electron chi connectivity index (χ4n) is 5.56. The van der Waals surface area contributed by atoms with Crippen LogP contribution in [0.4, 0.5) is 0 Å². The molecular formula is C18H24O3. The van der Waals surface area contributed by atoms with Crippen LogP contribution in [0.5, 0.6) is 5.75 Å². The molecule has 3 N–H and O–H groups in total. The third kappa shape index (κ3) is 1.80. The van der Waals surface area contributed by atoms with E-state index in [1.54, 1.807) is 6.07 Å². The lowest BCUT2D eigenvalue weighted by atomic mass is 9.54. The monoisotopic (exact) mass is 288 g/mol. The molecule has 0 bridgehead atoms. The molecule has 1 aromatic carbocycles. The first kappa shape index (κ1) is 13.6. The molecule has 3 aliphatic rings. The van der Waals surface area contributed by atoms with E-state index in [9.17, 15) is 15.3 Å². The number of hydrogen-bond acceptors (Lipinski definition) is 3. The predicted molar refractivity (Wildman–Crippen MR) is 80.1 cm³/mol. The van der Waals surface area contributed by atoms with Crippen molar-refractivity contribution in [3.63, 3.8) is 0 Å². The van der Waals surface area contributed by atoms with Crippen LogP contribution in [0.1, 0.15) is 49.7 Å². The molecule has 0 radical (unpaired) electrons. The molecular weight excluding hydrogens is 264 g/mol. The summed E-state index contributed by atoms with van der Waals surface area (Å²) in [5, 5.41) is 30.8. The van der Waals surface area contributed by atoms with E-state index in [-0.39, 0.29) is 29.3 Å². The average molecular weight is 288 g/mol. The van der Waals surface area contributed by atoms with Gasteiger partial charge in [0.05, 0.1) is 12.2 Å². The topological polar surface area (TPSA) is 60.7 Å². The Hall–Kier alpha value is -1.06. The summed E-state index contributed by atoms with van der Waals surface area (Å²) < 4.78 is 0. The van der Waals surface area contributed by atoms with Gasteiger partial charge in [-0.15, -0.1) is 0 Å². The van der Waals surface area contributed by atoms with Crippen molar-refractivity contribution in [2.45, 2.75) is 57.2 Å². The van der Waals surface area contributed by atoms with E-state index < -0.39 is 0 Å². The van der Waals surface area contributed by atoms with Crippen molar-refractivity contribution in [1.82, 2.24) is 0 Å². The minimum Gasteiger partial charge on any atom is -0.508 e. The first-order valence-electron chi connectivity index (χ1n) is 8.18. The van der Waals surface area contributed by atoms with Gasteiger partial charge in [0.2, 0.25) is 0 Å². The van der Waals surface area contributed by atoms with Crippen molar-refractivity contribution in [3.05, 3.63) is 29.3 Å². The van der Waals surface area contributed by atoms with Crippen LogP contribution >= 0.6 is 0 Å². The van der Waals surface area contributed by atoms with E-state index >= 15 is 0 Å². The molecule has 3 unspecified atom stereocenters. The van der Waals surface area contributed by atoms with Gasteiger partial charge in [-0.3, -0.25) is 0 Å². The number of phenolic OH excluding ortho intramolecular Hbond substituents is 1. The van der Waals surface area contributed by atoms with Crippen LogP contribution in [0.3, 0.4) is 0 Å². The third-order valence-corrected chi connectivity index (χ3v) is 6.68. The maximum atomic E-state index is 10.7. The number of phenols is 1. The predicted octanol–water partition coefficient (Wildman–Crippen LogP) is 2.58. The van der Waals surface area contributed by atoms with Crippen molar-refractivity contribution in [2.24, 2.45) is 17.3 Å². The third-order valence-electron chi connectivity index (χ3n) is 6.68. The lowest BCUT2D eigenvalue weighted by Gasteiger charge is -2.51. The first-order chi connectivity index (χ1) is 10.0. The second-order valence-electron chi connectivity index (χ2n) is 7.58. The summed E-state index contributed by atoms with van der Waals surface area (Å²) in [4.78, 5) is 0. The summed E-state index contributed by atoms with van der Waals surface area (Å²) in [6.45, 7) is 2.21. The second kappa shape index (κ2) is 4.47. The second-order valence-corrected chi connectivity index (χ2v) is 7.58. The summed E-state index contributed by atoms with van der Waals surface area (Å²) >= 11 is 0. The Morgan fingerprint density at radius 2 is 1.95 bits per heavy atom. The molecule has 3 nitrogen and oxygen atoms in total. The highest BCUT2D eigenvalue weighted by Gasteiger charge is 2.56. The highest BCUT2D eigenvalue weighted by molar-refractivity contribution is 5.41. The fourth-order valence-corrected chi connectivity index (χ4v) is 5.56. The highest BCUT2D eigenvalue weighted by Crippen LogP contribution is 2.60. The van der Waals surface area contributed by atoms with Gasteiger partial charge in [-0.25, -0.2) is 0 Å². The molecule has 0 spiro atoms. The molecule has 2 fully saturated rings. The van der Waals surface area contributed by atoms with Crippen molar-refractivity contribution in [3.8, 4) is 5.75 Å². The minimum atomic E-state index is -0.348. The van der Waals surface area contributed by atoms with Gasteiger partial charge >= 0.3 is 0 Å². The smallest absolute Gasteiger partial charge is 0.115 e. The Bertz CT molecular complexity index is 570. The van der Waals surface area contributed by atoms with Crippen LogP contribution in [0.25, 0.3) is 0 Å². The molecule has 0 aromatic heterocycles. The van der Waals surface area contributed by atoms with Gasteiger partial charge in [-0.1, -0.05) is 13.0 Å². The molecule has 0 heterocycles. The van der Waals surface area contributed by atoms with Crippen LogP contribution in [0.2, 0.25) is 0 Å². The first-order valence-corrected chi connectivity index (χ1v) is 8.18. The van der Waals surface area contributed by atoms with E-state index in [1.165, 1.54) is 5.56 Å². The molecule has 0 amide bonds. The molecule has 114 valence electrons. The van der Waals surface area contributed by atoms with Gasteiger partial charge in [-0.2, -0.15) is 0 Å². The van der Waals surface area contributed by atoms with Crippen molar-refractivity contribution in [2.75, 3.05) is 0 Å². The Labute approximate surface area is 125 Å². The molecule has 3 aliphatic carbocycles. The molecule has 0 aliphatic heterocycles. The zero-order chi connectivity index (χ0) is 14.8. The van der Waals surface area contributed by atoms with E-state index in [0.717, 1.165) is 31.2 Å². The van der Waals surface area contributed by atoms with E-state index in [1.807, 2.05) is 12.1 Å². The Balaban J connectivity index is 1.76. The zero-order valence-corrected chi connectivity index (χ0v) is 12.5. The standard InChI is InChI=1S/C18H24O3/c1-18-7-6-13-12-3-2-11(19)8-10(12)9-15(20)17(13)14(18)4-5-16(18)21/h2-3,8,13-17,19-21H,4-7,9H2,1H3/t13?,14?,15-,16-,17?,18-/m0/s1.